The molecule has 3 rings (SSSR count). The predicted molar refractivity (Wildman–Crippen MR) is 92.7 cm³/mol. The Balaban J connectivity index is 1.69. The SMILES string of the molecule is Cc1ccc(OCCCn2c(C)c(C#N)c3ccccc32)cc1. The Morgan fingerprint density at radius 3 is 2.52 bits per heavy atom. The van der Waals surface area contributed by atoms with Crippen molar-refractivity contribution in [2.24, 2.45) is 0 Å². The largest absolute Gasteiger partial charge is 0.494 e. The molecule has 0 unspecified atom stereocenters. The molecule has 0 atom stereocenters. The fourth-order valence-electron chi connectivity index (χ4n) is 2.91. The minimum absolute atomic E-state index is 0.664. The van der Waals surface area contributed by atoms with Crippen LogP contribution in [0.3, 0.4) is 0 Å². The zero-order chi connectivity index (χ0) is 16.2. The molecule has 116 valence electrons. The summed E-state index contributed by atoms with van der Waals surface area (Å²) in [5, 5.41) is 10.4. The van der Waals surface area contributed by atoms with Crippen molar-refractivity contribution in [1.82, 2.24) is 4.57 Å². The van der Waals surface area contributed by atoms with Crippen LogP contribution in [0.4, 0.5) is 0 Å². The second-order valence-electron chi connectivity index (χ2n) is 5.76. The van der Waals surface area contributed by atoms with Crippen LogP contribution < -0.4 is 4.74 Å². The first-order chi connectivity index (χ1) is 11.2. The van der Waals surface area contributed by atoms with Gasteiger partial charge in [0, 0.05) is 23.1 Å². The van der Waals surface area contributed by atoms with Crippen molar-refractivity contribution >= 4 is 10.9 Å². The Bertz CT molecular complexity index is 854. The number of fused-ring (bicyclic) bond motifs is 1. The third-order valence-electron chi connectivity index (χ3n) is 4.16. The Morgan fingerprint density at radius 1 is 1.04 bits per heavy atom. The Hall–Kier alpha value is -2.73. The minimum Gasteiger partial charge on any atom is -0.494 e. The fraction of sp³-hybridized carbons (Fsp3) is 0.250. The quantitative estimate of drug-likeness (QED) is 0.646. The van der Waals surface area contributed by atoms with E-state index in [4.69, 9.17) is 4.74 Å². The molecule has 3 nitrogen and oxygen atoms in total. The molecular weight excluding hydrogens is 284 g/mol. The Morgan fingerprint density at radius 2 is 1.78 bits per heavy atom. The van der Waals surface area contributed by atoms with Gasteiger partial charge in [-0.3, -0.25) is 0 Å². The summed E-state index contributed by atoms with van der Waals surface area (Å²) in [6.45, 7) is 5.59. The molecule has 0 aliphatic carbocycles. The average Bonchev–Trinajstić information content (AvgIpc) is 2.84. The van der Waals surface area contributed by atoms with Gasteiger partial charge in [-0.15, -0.1) is 0 Å². The number of rotatable bonds is 5. The Kier molecular flexibility index (Phi) is 4.34. The summed E-state index contributed by atoms with van der Waals surface area (Å²) in [4.78, 5) is 0. The topological polar surface area (TPSA) is 38.0 Å². The minimum atomic E-state index is 0.664. The second-order valence-corrected chi connectivity index (χ2v) is 5.76. The summed E-state index contributed by atoms with van der Waals surface area (Å²) in [5.74, 6) is 0.905. The molecule has 1 aromatic heterocycles. The van der Waals surface area contributed by atoms with Crippen molar-refractivity contribution in [2.75, 3.05) is 6.61 Å². The molecule has 3 aromatic rings. The Labute approximate surface area is 136 Å². The number of hydrogen-bond donors (Lipinski definition) is 0. The number of para-hydroxylation sites is 1. The molecule has 0 N–H and O–H groups in total. The molecule has 0 saturated heterocycles. The zero-order valence-corrected chi connectivity index (χ0v) is 13.5. The normalized spacial score (nSPS) is 10.7. The van der Waals surface area contributed by atoms with Gasteiger partial charge in [0.25, 0.3) is 0 Å². The molecule has 0 aliphatic rings. The summed E-state index contributed by atoms with van der Waals surface area (Å²) in [5.41, 5.74) is 4.16. The standard InChI is InChI=1S/C20H20N2O/c1-15-8-10-17(11-9-15)23-13-5-12-22-16(2)19(14-21)18-6-3-4-7-20(18)22/h3-4,6-11H,5,12-13H2,1-2H3. The predicted octanol–water partition coefficient (Wildman–Crippen LogP) is 4.60. The van der Waals surface area contributed by atoms with E-state index >= 15 is 0 Å². The molecule has 0 amide bonds. The molecule has 2 aromatic carbocycles. The maximum absolute atomic E-state index is 9.38. The van der Waals surface area contributed by atoms with Crippen LogP contribution in [-0.2, 0) is 6.54 Å². The summed E-state index contributed by atoms with van der Waals surface area (Å²) in [6.07, 6.45) is 0.901. The van der Waals surface area contributed by atoms with Crippen LogP contribution in [0.2, 0.25) is 0 Å². The summed E-state index contributed by atoms with van der Waals surface area (Å²) in [6, 6.07) is 18.5. The summed E-state index contributed by atoms with van der Waals surface area (Å²) >= 11 is 0. The number of nitriles is 1. The molecule has 0 saturated carbocycles. The lowest BCUT2D eigenvalue weighted by Crippen LogP contribution is -2.06. The van der Waals surface area contributed by atoms with Crippen LogP contribution in [0.25, 0.3) is 10.9 Å². The number of hydrogen-bond acceptors (Lipinski definition) is 2. The van der Waals surface area contributed by atoms with Crippen LogP contribution in [-0.4, -0.2) is 11.2 Å². The van der Waals surface area contributed by atoms with Gasteiger partial charge in [-0.05, 0) is 38.5 Å². The molecule has 0 aliphatic heterocycles. The van der Waals surface area contributed by atoms with E-state index in [0.29, 0.717) is 6.61 Å². The lowest BCUT2D eigenvalue weighted by molar-refractivity contribution is 0.302. The van der Waals surface area contributed by atoms with Crippen molar-refractivity contribution in [3.05, 3.63) is 65.4 Å². The van der Waals surface area contributed by atoms with Crippen LogP contribution in [0.5, 0.6) is 5.75 Å². The van der Waals surface area contributed by atoms with Crippen LogP contribution in [0, 0.1) is 25.2 Å². The van der Waals surface area contributed by atoms with E-state index in [1.54, 1.807) is 0 Å². The lowest BCUT2D eigenvalue weighted by Gasteiger charge is -2.10. The van der Waals surface area contributed by atoms with Gasteiger partial charge in [0.1, 0.15) is 11.8 Å². The molecule has 3 heteroatoms. The fourth-order valence-corrected chi connectivity index (χ4v) is 2.91. The maximum Gasteiger partial charge on any atom is 0.119 e. The number of aryl methyl sites for hydroxylation is 2. The van der Waals surface area contributed by atoms with Crippen LogP contribution >= 0.6 is 0 Å². The zero-order valence-electron chi connectivity index (χ0n) is 13.5. The highest BCUT2D eigenvalue weighted by atomic mass is 16.5. The molecule has 0 radical (unpaired) electrons. The van der Waals surface area contributed by atoms with Crippen molar-refractivity contribution in [2.45, 2.75) is 26.8 Å². The summed E-state index contributed by atoms with van der Waals surface area (Å²) < 4.78 is 8.00. The maximum atomic E-state index is 9.38. The van der Waals surface area contributed by atoms with E-state index < -0.39 is 0 Å². The van der Waals surface area contributed by atoms with Gasteiger partial charge in [-0.25, -0.2) is 0 Å². The lowest BCUT2D eigenvalue weighted by atomic mass is 10.1. The highest BCUT2D eigenvalue weighted by Gasteiger charge is 2.12. The molecule has 0 bridgehead atoms. The monoisotopic (exact) mass is 304 g/mol. The van der Waals surface area contributed by atoms with E-state index in [1.807, 2.05) is 37.3 Å². The van der Waals surface area contributed by atoms with Gasteiger partial charge in [0.05, 0.1) is 12.2 Å². The van der Waals surface area contributed by atoms with Crippen molar-refractivity contribution in [3.8, 4) is 11.8 Å². The van der Waals surface area contributed by atoms with Gasteiger partial charge in [-0.1, -0.05) is 35.9 Å². The first-order valence-electron chi connectivity index (χ1n) is 7.88. The first kappa shape index (κ1) is 15.2. The van der Waals surface area contributed by atoms with Crippen LogP contribution in [0.1, 0.15) is 23.2 Å². The van der Waals surface area contributed by atoms with Gasteiger partial charge in [0.15, 0.2) is 0 Å². The van der Waals surface area contributed by atoms with E-state index in [-0.39, 0.29) is 0 Å². The van der Waals surface area contributed by atoms with Crippen molar-refractivity contribution in [3.63, 3.8) is 0 Å². The van der Waals surface area contributed by atoms with Gasteiger partial charge >= 0.3 is 0 Å². The molecular formula is C20H20N2O. The van der Waals surface area contributed by atoms with Gasteiger partial charge in [0.2, 0.25) is 0 Å². The number of ether oxygens (including phenoxy) is 1. The van der Waals surface area contributed by atoms with E-state index in [1.165, 1.54) is 5.56 Å². The molecule has 23 heavy (non-hydrogen) atoms. The van der Waals surface area contributed by atoms with Crippen LogP contribution in [0.15, 0.2) is 48.5 Å². The third-order valence-corrected chi connectivity index (χ3v) is 4.16. The smallest absolute Gasteiger partial charge is 0.119 e. The number of aromatic nitrogens is 1. The first-order valence-corrected chi connectivity index (χ1v) is 7.88. The second kappa shape index (κ2) is 6.58. The van der Waals surface area contributed by atoms with Crippen molar-refractivity contribution < 1.29 is 4.74 Å². The van der Waals surface area contributed by atoms with Crippen molar-refractivity contribution in [1.29, 1.82) is 5.26 Å². The van der Waals surface area contributed by atoms with Gasteiger partial charge < -0.3 is 9.30 Å². The number of nitrogens with zero attached hydrogens (tertiary/aromatic N) is 2. The van der Waals surface area contributed by atoms with Gasteiger partial charge in [-0.2, -0.15) is 5.26 Å². The third kappa shape index (κ3) is 3.07. The average molecular weight is 304 g/mol. The summed E-state index contributed by atoms with van der Waals surface area (Å²) in [7, 11) is 0. The van der Waals surface area contributed by atoms with E-state index in [0.717, 1.165) is 40.9 Å². The van der Waals surface area contributed by atoms with E-state index in [9.17, 15) is 5.26 Å². The molecule has 0 spiro atoms. The highest BCUT2D eigenvalue weighted by Crippen LogP contribution is 2.25. The van der Waals surface area contributed by atoms with E-state index in [2.05, 4.69) is 35.8 Å². The molecule has 0 fully saturated rings. The molecule has 1 heterocycles. The highest BCUT2D eigenvalue weighted by molar-refractivity contribution is 5.87. The number of benzene rings is 2.